The topological polar surface area (TPSA) is 70.1 Å². The molecule has 9 heteroatoms. The van der Waals surface area contributed by atoms with Crippen molar-refractivity contribution in [3.05, 3.63) is 41.3 Å². The second-order valence-corrected chi connectivity index (χ2v) is 5.62. The van der Waals surface area contributed by atoms with E-state index in [1.165, 1.54) is 12.4 Å². The molecule has 0 aliphatic carbocycles. The predicted octanol–water partition coefficient (Wildman–Crippen LogP) is 2.67. The number of anilines is 3. The summed E-state index contributed by atoms with van der Waals surface area (Å²) in [5.74, 6) is -1.50. The van der Waals surface area contributed by atoms with Gasteiger partial charge in [-0.1, -0.05) is 17.7 Å². The predicted molar refractivity (Wildman–Crippen MR) is 87.3 cm³/mol. The number of benzene rings is 1. The average Bonchev–Trinajstić information content (AvgIpc) is 2.88. The summed E-state index contributed by atoms with van der Waals surface area (Å²) in [6.07, 6.45) is 1.37. The lowest BCUT2D eigenvalue weighted by Crippen LogP contribution is -2.29. The molecule has 0 spiro atoms. The zero-order chi connectivity index (χ0) is 17.3. The summed E-state index contributed by atoms with van der Waals surface area (Å²) >= 11 is 5.98. The fourth-order valence-electron chi connectivity index (χ4n) is 2.66. The van der Waals surface area contributed by atoms with E-state index in [1.807, 2.05) is 0 Å². The van der Waals surface area contributed by atoms with Crippen LogP contribution in [0, 0.1) is 11.6 Å². The zero-order valence-electron chi connectivity index (χ0n) is 12.7. The Kier molecular flexibility index (Phi) is 4.48. The maximum atomic E-state index is 13.9. The summed E-state index contributed by atoms with van der Waals surface area (Å²) < 4.78 is 27.8. The third-order valence-corrected chi connectivity index (χ3v) is 4.01. The monoisotopic (exact) mass is 353 g/mol. The van der Waals surface area contributed by atoms with Crippen molar-refractivity contribution in [3.8, 4) is 0 Å². The molecule has 0 saturated carbocycles. The molecule has 126 valence electrons. The maximum Gasteiger partial charge on any atom is 0.229 e. The highest BCUT2D eigenvalue weighted by Gasteiger charge is 2.34. The molecular weight excluding hydrogens is 340 g/mol. The molecule has 24 heavy (non-hydrogen) atoms. The van der Waals surface area contributed by atoms with Crippen molar-refractivity contribution in [1.82, 2.24) is 9.97 Å². The van der Waals surface area contributed by atoms with Crippen LogP contribution in [0.5, 0.6) is 0 Å². The van der Waals surface area contributed by atoms with E-state index in [0.717, 1.165) is 17.0 Å². The first-order chi connectivity index (χ1) is 11.5. The number of nitrogens with one attached hydrogen (secondary N) is 2. The first-order valence-electron chi connectivity index (χ1n) is 7.20. The Balaban J connectivity index is 1.82. The summed E-state index contributed by atoms with van der Waals surface area (Å²) in [5, 5.41) is 6.17. The lowest BCUT2D eigenvalue weighted by Gasteiger charge is -2.19. The molecule has 2 aromatic rings. The quantitative estimate of drug-likeness (QED) is 0.827. The first-order valence-corrected chi connectivity index (χ1v) is 7.58. The number of hydrogen-bond donors (Lipinski definition) is 2. The SMILES string of the molecule is CNc1c(Cl)ncnc1NC1CC(=O)N(c2c(F)cccc2F)C1. The number of halogens is 3. The maximum absolute atomic E-state index is 13.9. The van der Waals surface area contributed by atoms with Crippen molar-refractivity contribution in [3.63, 3.8) is 0 Å². The molecule has 2 N–H and O–H groups in total. The van der Waals surface area contributed by atoms with Crippen LogP contribution < -0.4 is 15.5 Å². The first kappa shape index (κ1) is 16.4. The molecule has 1 amide bonds. The summed E-state index contributed by atoms with van der Waals surface area (Å²) in [4.78, 5) is 21.2. The molecule has 1 atom stereocenters. The van der Waals surface area contributed by atoms with Gasteiger partial charge >= 0.3 is 0 Å². The molecule has 0 bridgehead atoms. The van der Waals surface area contributed by atoms with Gasteiger partial charge < -0.3 is 15.5 Å². The van der Waals surface area contributed by atoms with E-state index in [2.05, 4.69) is 20.6 Å². The smallest absolute Gasteiger partial charge is 0.229 e. The van der Waals surface area contributed by atoms with Gasteiger partial charge in [0.25, 0.3) is 0 Å². The molecule has 1 saturated heterocycles. The van der Waals surface area contributed by atoms with Gasteiger partial charge in [-0.3, -0.25) is 4.79 Å². The number of carbonyl (C=O) groups is 1. The van der Waals surface area contributed by atoms with E-state index in [9.17, 15) is 13.6 Å². The number of hydrogen-bond acceptors (Lipinski definition) is 5. The molecule has 1 aliphatic heterocycles. The van der Waals surface area contributed by atoms with Crippen LogP contribution in [0.1, 0.15) is 6.42 Å². The molecule has 1 aliphatic rings. The molecule has 3 rings (SSSR count). The number of nitrogens with zero attached hydrogens (tertiary/aromatic N) is 3. The molecule has 1 fully saturated rings. The Labute approximate surface area is 141 Å². The van der Waals surface area contributed by atoms with Gasteiger partial charge in [0.2, 0.25) is 5.91 Å². The van der Waals surface area contributed by atoms with Crippen LogP contribution in [0.15, 0.2) is 24.5 Å². The van der Waals surface area contributed by atoms with Gasteiger partial charge in [0, 0.05) is 20.0 Å². The van der Waals surface area contributed by atoms with Crippen LogP contribution >= 0.6 is 11.6 Å². The van der Waals surface area contributed by atoms with Crippen LogP contribution in [-0.4, -0.2) is 35.5 Å². The minimum absolute atomic E-state index is 0.0819. The lowest BCUT2D eigenvalue weighted by atomic mass is 10.2. The van der Waals surface area contributed by atoms with Crippen molar-refractivity contribution >= 4 is 34.7 Å². The highest BCUT2D eigenvalue weighted by Crippen LogP contribution is 2.31. The second-order valence-electron chi connectivity index (χ2n) is 5.26. The van der Waals surface area contributed by atoms with Gasteiger partial charge in [0.05, 0.1) is 6.04 Å². The summed E-state index contributed by atoms with van der Waals surface area (Å²) in [6.45, 7) is 0.113. The third-order valence-electron chi connectivity index (χ3n) is 3.72. The minimum atomic E-state index is -0.773. The molecule has 6 nitrogen and oxygen atoms in total. The van der Waals surface area contributed by atoms with E-state index >= 15 is 0 Å². The van der Waals surface area contributed by atoms with Crippen molar-refractivity contribution in [2.24, 2.45) is 0 Å². The molecule has 1 unspecified atom stereocenters. The number of para-hydroxylation sites is 1. The van der Waals surface area contributed by atoms with E-state index in [0.29, 0.717) is 11.5 Å². The van der Waals surface area contributed by atoms with Gasteiger partial charge in [-0.15, -0.1) is 0 Å². The van der Waals surface area contributed by atoms with Crippen LogP contribution in [0.2, 0.25) is 5.15 Å². The molecule has 1 aromatic heterocycles. The van der Waals surface area contributed by atoms with Gasteiger partial charge in [-0.2, -0.15) is 0 Å². The highest BCUT2D eigenvalue weighted by atomic mass is 35.5. The molecular formula is C15H14ClF2N5O. The van der Waals surface area contributed by atoms with Crippen molar-refractivity contribution < 1.29 is 13.6 Å². The average molecular weight is 354 g/mol. The standard InChI is InChI=1S/C15H14ClF2N5O/c1-19-12-14(16)20-7-21-15(12)22-8-5-11(24)23(6-8)13-9(17)3-2-4-10(13)18/h2-4,7-8,19H,5-6H2,1H3,(H,20,21,22). The minimum Gasteiger partial charge on any atom is -0.383 e. The largest absolute Gasteiger partial charge is 0.383 e. The molecule has 1 aromatic carbocycles. The Morgan fingerprint density at radius 3 is 2.67 bits per heavy atom. The number of carbonyl (C=O) groups excluding carboxylic acids is 1. The summed E-state index contributed by atoms with van der Waals surface area (Å²) in [7, 11) is 1.66. The van der Waals surface area contributed by atoms with Crippen molar-refractivity contribution in [2.75, 3.05) is 29.1 Å². The second kappa shape index (κ2) is 6.56. The fourth-order valence-corrected chi connectivity index (χ4v) is 2.88. The van der Waals surface area contributed by atoms with Crippen molar-refractivity contribution in [2.45, 2.75) is 12.5 Å². The third kappa shape index (κ3) is 2.96. The Hall–Kier alpha value is -2.48. The Morgan fingerprint density at radius 1 is 1.29 bits per heavy atom. The van der Waals surface area contributed by atoms with Gasteiger partial charge in [0.15, 0.2) is 11.0 Å². The lowest BCUT2D eigenvalue weighted by molar-refractivity contribution is -0.117. The summed E-state index contributed by atoms with van der Waals surface area (Å²) in [5.41, 5.74) is 0.156. The molecule has 2 heterocycles. The van der Waals surface area contributed by atoms with E-state index in [1.54, 1.807) is 7.05 Å². The summed E-state index contributed by atoms with van der Waals surface area (Å²) in [6, 6.07) is 3.13. The highest BCUT2D eigenvalue weighted by molar-refractivity contribution is 6.32. The fraction of sp³-hybridized carbons (Fsp3) is 0.267. The Morgan fingerprint density at radius 2 is 2.00 bits per heavy atom. The Bertz CT molecular complexity index is 768. The normalized spacial score (nSPS) is 17.2. The van der Waals surface area contributed by atoms with Crippen LogP contribution in [-0.2, 0) is 4.79 Å². The van der Waals surface area contributed by atoms with Crippen LogP contribution in [0.25, 0.3) is 0 Å². The van der Waals surface area contributed by atoms with Crippen LogP contribution in [0.4, 0.5) is 26.0 Å². The van der Waals surface area contributed by atoms with Crippen LogP contribution in [0.3, 0.4) is 0 Å². The number of aromatic nitrogens is 2. The van der Waals surface area contributed by atoms with Gasteiger partial charge in [0.1, 0.15) is 29.3 Å². The van der Waals surface area contributed by atoms with Crippen molar-refractivity contribution in [1.29, 1.82) is 0 Å². The van der Waals surface area contributed by atoms with E-state index in [-0.39, 0.29) is 35.8 Å². The van der Waals surface area contributed by atoms with Gasteiger partial charge in [-0.25, -0.2) is 18.7 Å². The van der Waals surface area contributed by atoms with Gasteiger partial charge in [-0.05, 0) is 12.1 Å². The molecule has 0 radical (unpaired) electrons. The number of rotatable bonds is 4. The zero-order valence-corrected chi connectivity index (χ0v) is 13.4. The van der Waals surface area contributed by atoms with E-state index in [4.69, 9.17) is 11.6 Å². The van der Waals surface area contributed by atoms with E-state index < -0.39 is 11.6 Å². The number of amides is 1.